The van der Waals surface area contributed by atoms with Crippen molar-refractivity contribution in [3.8, 4) is 0 Å². The summed E-state index contributed by atoms with van der Waals surface area (Å²) in [7, 11) is 0. The van der Waals surface area contributed by atoms with E-state index in [1.165, 1.54) is 6.42 Å². The second-order valence-corrected chi connectivity index (χ2v) is 7.89. The number of carbonyl (C=O) groups is 1. The first kappa shape index (κ1) is 16.8. The molecule has 1 aliphatic carbocycles. The van der Waals surface area contributed by atoms with Crippen molar-refractivity contribution in [1.29, 1.82) is 0 Å². The van der Waals surface area contributed by atoms with Gasteiger partial charge >= 0.3 is 5.97 Å². The van der Waals surface area contributed by atoms with Crippen LogP contribution in [0.1, 0.15) is 60.3 Å². The summed E-state index contributed by atoms with van der Waals surface area (Å²) in [6.45, 7) is 11.0. The minimum absolute atomic E-state index is 0.0576. The van der Waals surface area contributed by atoms with Gasteiger partial charge in [-0.1, -0.05) is 13.8 Å². The lowest BCUT2D eigenvalue weighted by Gasteiger charge is -2.41. The Morgan fingerprint density at radius 3 is 2.63 bits per heavy atom. The van der Waals surface area contributed by atoms with Crippen LogP contribution in [0.25, 0.3) is 0 Å². The van der Waals surface area contributed by atoms with Crippen LogP contribution in [-0.4, -0.2) is 34.7 Å². The summed E-state index contributed by atoms with van der Waals surface area (Å²) in [6.07, 6.45) is 4.11. The molecule has 3 nitrogen and oxygen atoms in total. The predicted octanol–water partition coefficient (Wildman–Crippen LogP) is 3.37. The lowest BCUT2D eigenvalue weighted by Crippen LogP contribution is -2.58. The van der Waals surface area contributed by atoms with Crippen LogP contribution in [0.15, 0.2) is 0 Å². The van der Waals surface area contributed by atoms with Gasteiger partial charge in [0.2, 0.25) is 0 Å². The first-order chi connectivity index (χ1) is 8.89. The molecule has 0 heterocycles. The van der Waals surface area contributed by atoms with Crippen molar-refractivity contribution in [3.05, 3.63) is 0 Å². The zero-order chi connectivity index (χ0) is 14.5. The maximum atomic E-state index is 12.4. The molecule has 19 heavy (non-hydrogen) atoms. The van der Waals surface area contributed by atoms with Gasteiger partial charge in [0, 0.05) is 11.3 Å². The van der Waals surface area contributed by atoms with Gasteiger partial charge in [-0.05, 0) is 51.7 Å². The molecule has 0 amide bonds. The van der Waals surface area contributed by atoms with E-state index in [1.807, 2.05) is 18.7 Å². The van der Waals surface area contributed by atoms with Crippen molar-refractivity contribution in [2.45, 2.75) is 82.4 Å². The Morgan fingerprint density at radius 1 is 1.42 bits per heavy atom. The van der Waals surface area contributed by atoms with Crippen molar-refractivity contribution >= 4 is 17.7 Å². The number of carbonyl (C=O) groups excluding carboxylic acids is 1. The molecule has 0 aliphatic heterocycles. The van der Waals surface area contributed by atoms with Crippen LogP contribution in [-0.2, 0) is 9.53 Å². The highest BCUT2D eigenvalue weighted by Gasteiger charge is 2.44. The average Bonchev–Trinajstić information content (AvgIpc) is 2.27. The van der Waals surface area contributed by atoms with Crippen LogP contribution in [0, 0.1) is 0 Å². The van der Waals surface area contributed by atoms with Crippen molar-refractivity contribution in [3.63, 3.8) is 0 Å². The number of hydrogen-bond acceptors (Lipinski definition) is 4. The summed E-state index contributed by atoms with van der Waals surface area (Å²) in [5.74, 6) is -0.0576. The average molecular weight is 287 g/mol. The molecule has 1 aliphatic rings. The maximum Gasteiger partial charge on any atom is 0.326 e. The lowest BCUT2D eigenvalue weighted by molar-refractivity contribution is -0.153. The molecule has 112 valence electrons. The van der Waals surface area contributed by atoms with E-state index in [-0.39, 0.29) is 5.97 Å². The van der Waals surface area contributed by atoms with Crippen molar-refractivity contribution in [2.24, 2.45) is 0 Å². The second-order valence-electron chi connectivity index (χ2n) is 6.00. The quantitative estimate of drug-likeness (QED) is 0.760. The zero-order valence-corrected chi connectivity index (χ0v) is 13.8. The standard InChI is InChI=1S/C15H29NO2S/c1-6-18-14(17)15(16-11(2)3)9-7-8-13(10-15)19-12(4)5/h11-13,16H,6-10H2,1-5H3. The molecule has 0 aromatic carbocycles. The van der Waals surface area contributed by atoms with Gasteiger partial charge in [0.05, 0.1) is 6.61 Å². The molecule has 0 spiro atoms. The molecule has 4 heteroatoms. The number of ether oxygens (including phenoxy) is 1. The highest BCUT2D eigenvalue weighted by atomic mass is 32.2. The summed E-state index contributed by atoms with van der Waals surface area (Å²) in [5.41, 5.74) is -0.463. The molecule has 0 saturated heterocycles. The number of rotatable bonds is 6. The van der Waals surface area contributed by atoms with E-state index in [1.54, 1.807) is 0 Å². The molecule has 1 N–H and O–H groups in total. The Labute approximate surface area is 122 Å². The molecule has 2 atom stereocenters. The van der Waals surface area contributed by atoms with Gasteiger partial charge in [-0.15, -0.1) is 0 Å². The lowest BCUT2D eigenvalue weighted by atomic mass is 9.80. The minimum atomic E-state index is -0.463. The van der Waals surface area contributed by atoms with E-state index >= 15 is 0 Å². The topological polar surface area (TPSA) is 38.3 Å². The monoisotopic (exact) mass is 287 g/mol. The third-order valence-corrected chi connectivity index (χ3v) is 4.73. The largest absolute Gasteiger partial charge is 0.465 e. The first-order valence-corrected chi connectivity index (χ1v) is 8.44. The van der Waals surface area contributed by atoms with E-state index in [9.17, 15) is 4.79 Å². The van der Waals surface area contributed by atoms with Gasteiger partial charge in [-0.3, -0.25) is 10.1 Å². The van der Waals surface area contributed by atoms with E-state index < -0.39 is 5.54 Å². The zero-order valence-electron chi connectivity index (χ0n) is 13.0. The van der Waals surface area contributed by atoms with Crippen molar-refractivity contribution < 1.29 is 9.53 Å². The fraction of sp³-hybridized carbons (Fsp3) is 0.933. The molecular weight excluding hydrogens is 258 g/mol. The number of nitrogens with one attached hydrogen (secondary N) is 1. The van der Waals surface area contributed by atoms with Gasteiger partial charge < -0.3 is 4.74 Å². The summed E-state index contributed by atoms with van der Waals surface area (Å²) in [4.78, 5) is 12.4. The van der Waals surface area contributed by atoms with Gasteiger partial charge in [0.25, 0.3) is 0 Å². The molecule has 0 radical (unpaired) electrons. The van der Waals surface area contributed by atoms with Crippen molar-refractivity contribution in [1.82, 2.24) is 5.32 Å². The molecule has 1 rings (SSSR count). The van der Waals surface area contributed by atoms with Crippen LogP contribution < -0.4 is 5.32 Å². The molecule has 0 bridgehead atoms. The molecule has 2 unspecified atom stereocenters. The van der Waals surface area contributed by atoms with Gasteiger partial charge in [-0.25, -0.2) is 0 Å². The summed E-state index contributed by atoms with van der Waals surface area (Å²) in [6, 6.07) is 0.298. The third kappa shape index (κ3) is 4.99. The molecule has 0 aromatic heterocycles. The summed E-state index contributed by atoms with van der Waals surface area (Å²) < 4.78 is 5.33. The minimum Gasteiger partial charge on any atom is -0.465 e. The van der Waals surface area contributed by atoms with Crippen LogP contribution in [0.3, 0.4) is 0 Å². The van der Waals surface area contributed by atoms with Gasteiger partial charge in [0.15, 0.2) is 0 Å². The number of hydrogen-bond donors (Lipinski definition) is 1. The van der Waals surface area contributed by atoms with Crippen LogP contribution in [0.2, 0.25) is 0 Å². The molecule has 1 fully saturated rings. The van der Waals surface area contributed by atoms with Crippen molar-refractivity contribution in [2.75, 3.05) is 6.61 Å². The molecule has 0 aromatic rings. The smallest absolute Gasteiger partial charge is 0.326 e. The van der Waals surface area contributed by atoms with E-state index in [2.05, 4.69) is 33.0 Å². The fourth-order valence-corrected chi connectivity index (χ4v) is 4.38. The highest BCUT2D eigenvalue weighted by Crippen LogP contribution is 2.37. The second kappa shape index (κ2) is 7.53. The predicted molar refractivity (Wildman–Crippen MR) is 82.6 cm³/mol. The van der Waals surface area contributed by atoms with Gasteiger partial charge in [-0.2, -0.15) is 11.8 Å². The van der Waals surface area contributed by atoms with E-state index in [4.69, 9.17) is 4.74 Å². The Kier molecular flexibility index (Phi) is 6.67. The Morgan fingerprint density at radius 2 is 2.11 bits per heavy atom. The Balaban J connectivity index is 2.80. The molecular formula is C15H29NO2S. The Bertz CT molecular complexity index is 294. The van der Waals surface area contributed by atoms with Gasteiger partial charge in [0.1, 0.15) is 5.54 Å². The first-order valence-electron chi connectivity index (χ1n) is 7.50. The van der Waals surface area contributed by atoms with E-state index in [0.717, 1.165) is 19.3 Å². The maximum absolute atomic E-state index is 12.4. The van der Waals surface area contributed by atoms with Crippen LogP contribution in [0.4, 0.5) is 0 Å². The fourth-order valence-electron chi connectivity index (χ4n) is 2.92. The summed E-state index contributed by atoms with van der Waals surface area (Å²) in [5, 5.41) is 4.67. The van der Waals surface area contributed by atoms with E-state index in [0.29, 0.717) is 23.1 Å². The normalized spacial score (nSPS) is 27.8. The van der Waals surface area contributed by atoms with Crippen LogP contribution in [0.5, 0.6) is 0 Å². The SMILES string of the molecule is CCOC(=O)C1(NC(C)C)CCCC(SC(C)C)C1. The van der Waals surface area contributed by atoms with Crippen LogP contribution >= 0.6 is 11.8 Å². The highest BCUT2D eigenvalue weighted by molar-refractivity contribution is 8.00. The number of esters is 1. The Hall–Kier alpha value is -0.220. The molecule has 1 saturated carbocycles. The summed E-state index contributed by atoms with van der Waals surface area (Å²) >= 11 is 1.99. The number of thioether (sulfide) groups is 1. The third-order valence-electron chi connectivity index (χ3n) is 3.40.